The number of aromatic nitrogens is 1. The molecule has 0 fully saturated rings. The molecule has 0 atom stereocenters. The molecular formula is C47H36N2O. The van der Waals surface area contributed by atoms with Crippen molar-refractivity contribution in [3.05, 3.63) is 180 Å². The van der Waals surface area contributed by atoms with Crippen LogP contribution in [0.2, 0.25) is 0 Å². The molecule has 1 aliphatic heterocycles. The normalized spacial score (nSPS) is 13.2. The second-order valence-electron chi connectivity index (χ2n) is 13.8. The van der Waals surface area contributed by atoms with E-state index in [1.807, 2.05) is 24.3 Å². The molecule has 3 heteroatoms. The van der Waals surface area contributed by atoms with Gasteiger partial charge in [0.2, 0.25) is 5.89 Å². The molecule has 0 bridgehead atoms. The minimum Gasteiger partial charge on any atom is -0.436 e. The van der Waals surface area contributed by atoms with E-state index in [4.69, 9.17) is 9.40 Å². The van der Waals surface area contributed by atoms with E-state index in [0.717, 1.165) is 27.9 Å². The minimum atomic E-state index is -0.199. The van der Waals surface area contributed by atoms with Crippen molar-refractivity contribution in [3.63, 3.8) is 0 Å². The van der Waals surface area contributed by atoms with E-state index in [1.165, 1.54) is 55.9 Å². The molecule has 3 nitrogen and oxygen atoms in total. The van der Waals surface area contributed by atoms with Gasteiger partial charge in [0.15, 0.2) is 5.58 Å². The van der Waals surface area contributed by atoms with Crippen LogP contribution in [0.25, 0.3) is 55.9 Å². The summed E-state index contributed by atoms with van der Waals surface area (Å²) >= 11 is 0. The van der Waals surface area contributed by atoms with Crippen molar-refractivity contribution in [2.75, 3.05) is 4.90 Å². The number of fused-ring (bicyclic) bond motifs is 3. The molecule has 9 rings (SSSR count). The molecule has 8 aromatic rings. The highest BCUT2D eigenvalue weighted by Gasteiger charge is 2.37. The van der Waals surface area contributed by atoms with E-state index in [2.05, 4.69) is 165 Å². The van der Waals surface area contributed by atoms with E-state index in [9.17, 15) is 0 Å². The van der Waals surface area contributed by atoms with Gasteiger partial charge in [-0.2, -0.15) is 0 Å². The summed E-state index contributed by atoms with van der Waals surface area (Å²) in [6.07, 6.45) is 0. The Morgan fingerprint density at radius 1 is 0.480 bits per heavy atom. The first-order valence-electron chi connectivity index (χ1n) is 17.2. The fourth-order valence-corrected chi connectivity index (χ4v) is 7.39. The van der Waals surface area contributed by atoms with Crippen LogP contribution >= 0.6 is 0 Å². The molecule has 1 aliphatic rings. The monoisotopic (exact) mass is 644 g/mol. The summed E-state index contributed by atoms with van der Waals surface area (Å²) in [5.41, 5.74) is 17.0. The summed E-state index contributed by atoms with van der Waals surface area (Å²) in [6, 6.07) is 58.7. The van der Waals surface area contributed by atoms with Crippen molar-refractivity contribution in [2.45, 2.75) is 26.2 Å². The number of oxazole rings is 1. The summed E-state index contributed by atoms with van der Waals surface area (Å²) < 4.78 is 6.12. The molecule has 7 aromatic carbocycles. The zero-order chi connectivity index (χ0) is 33.8. The van der Waals surface area contributed by atoms with Gasteiger partial charge in [0.05, 0.1) is 11.4 Å². The second kappa shape index (κ2) is 11.7. The number of rotatable bonds is 5. The number of anilines is 3. The molecule has 240 valence electrons. The Hall–Kier alpha value is -6.19. The third kappa shape index (κ3) is 5.10. The molecular weight excluding hydrogens is 609 g/mol. The maximum atomic E-state index is 6.12. The van der Waals surface area contributed by atoms with Crippen LogP contribution in [0.15, 0.2) is 168 Å². The Bertz CT molecular complexity index is 2470. The Morgan fingerprint density at radius 2 is 1.04 bits per heavy atom. The lowest BCUT2D eigenvalue weighted by Crippen LogP contribution is -2.30. The Labute approximate surface area is 293 Å². The van der Waals surface area contributed by atoms with Gasteiger partial charge in [-0.05, 0) is 106 Å². The lowest BCUT2D eigenvalue weighted by atomic mass is 9.73. The van der Waals surface area contributed by atoms with Gasteiger partial charge in [0.25, 0.3) is 0 Å². The van der Waals surface area contributed by atoms with Crippen LogP contribution < -0.4 is 4.90 Å². The van der Waals surface area contributed by atoms with Crippen molar-refractivity contribution in [1.82, 2.24) is 4.98 Å². The zero-order valence-corrected chi connectivity index (χ0v) is 28.4. The fraction of sp³-hybridized carbons (Fsp3) is 0.0851. The number of para-hydroxylation sites is 3. The predicted octanol–water partition coefficient (Wildman–Crippen LogP) is 12.9. The smallest absolute Gasteiger partial charge is 0.227 e. The van der Waals surface area contributed by atoms with Crippen molar-refractivity contribution in [1.29, 1.82) is 0 Å². The van der Waals surface area contributed by atoms with Crippen molar-refractivity contribution in [3.8, 4) is 44.8 Å². The zero-order valence-electron chi connectivity index (χ0n) is 28.4. The third-order valence-corrected chi connectivity index (χ3v) is 10.2. The number of hydrogen-bond donors (Lipinski definition) is 0. The number of aryl methyl sites for hydroxylation is 1. The quantitative estimate of drug-likeness (QED) is 0.187. The highest BCUT2D eigenvalue weighted by Crippen LogP contribution is 2.52. The molecule has 1 aromatic heterocycles. The lowest BCUT2D eigenvalue weighted by Gasteiger charge is -2.42. The van der Waals surface area contributed by atoms with E-state index in [-0.39, 0.29) is 5.41 Å². The predicted molar refractivity (Wildman–Crippen MR) is 207 cm³/mol. The Kier molecular flexibility index (Phi) is 7.03. The maximum Gasteiger partial charge on any atom is 0.227 e. The van der Waals surface area contributed by atoms with Gasteiger partial charge in [-0.25, -0.2) is 4.98 Å². The summed E-state index contributed by atoms with van der Waals surface area (Å²) in [7, 11) is 0. The van der Waals surface area contributed by atoms with Gasteiger partial charge in [-0.15, -0.1) is 0 Å². The second-order valence-corrected chi connectivity index (χ2v) is 13.8. The fourth-order valence-electron chi connectivity index (χ4n) is 7.39. The molecule has 0 N–H and O–H groups in total. The average Bonchev–Trinajstić information content (AvgIpc) is 3.61. The number of hydrogen-bond acceptors (Lipinski definition) is 3. The third-order valence-electron chi connectivity index (χ3n) is 10.2. The SMILES string of the molecule is Cc1ccc(-c2ccc(-c3ccc(N4c5ccccc5C(C)(C)c5cc(-c6cccc(-c7nc8ccccc8o7)c6)ccc54)cc3)cc2)cc1. The highest BCUT2D eigenvalue weighted by molar-refractivity contribution is 5.88. The van der Waals surface area contributed by atoms with Gasteiger partial charge in [-0.1, -0.05) is 129 Å². The summed E-state index contributed by atoms with van der Waals surface area (Å²) in [5.74, 6) is 0.636. The lowest BCUT2D eigenvalue weighted by molar-refractivity contribution is 0.620. The molecule has 0 amide bonds. The van der Waals surface area contributed by atoms with Crippen LogP contribution in [-0.4, -0.2) is 4.98 Å². The highest BCUT2D eigenvalue weighted by atomic mass is 16.3. The Morgan fingerprint density at radius 3 is 1.76 bits per heavy atom. The first-order valence-corrected chi connectivity index (χ1v) is 17.2. The number of benzene rings is 7. The summed E-state index contributed by atoms with van der Waals surface area (Å²) in [5, 5.41) is 0. The van der Waals surface area contributed by atoms with Gasteiger partial charge in [-0.3, -0.25) is 0 Å². The van der Waals surface area contributed by atoms with Crippen molar-refractivity contribution in [2.24, 2.45) is 0 Å². The molecule has 0 spiro atoms. The Balaban J connectivity index is 1.07. The summed E-state index contributed by atoms with van der Waals surface area (Å²) in [4.78, 5) is 7.17. The van der Waals surface area contributed by atoms with E-state index < -0.39 is 0 Å². The van der Waals surface area contributed by atoms with Gasteiger partial charge in [0, 0.05) is 16.7 Å². The standard InChI is InChI=1S/C47H36N2O/c1-31-15-17-32(18-16-31)33-19-21-34(22-20-33)35-23-26-39(27-24-35)49-43-13-6-4-11-40(43)47(2,3)41-30-37(25-28-44(41)49)36-9-8-10-38(29-36)46-48-42-12-5-7-14-45(42)50-46/h4-30H,1-3H3. The van der Waals surface area contributed by atoms with Crippen LogP contribution in [0.3, 0.4) is 0 Å². The average molecular weight is 645 g/mol. The van der Waals surface area contributed by atoms with Crippen molar-refractivity contribution < 1.29 is 4.42 Å². The van der Waals surface area contributed by atoms with Crippen LogP contribution in [0.1, 0.15) is 30.5 Å². The van der Waals surface area contributed by atoms with E-state index in [0.29, 0.717) is 5.89 Å². The van der Waals surface area contributed by atoms with Crippen LogP contribution in [-0.2, 0) is 5.41 Å². The topological polar surface area (TPSA) is 29.3 Å². The number of nitrogens with zero attached hydrogens (tertiary/aromatic N) is 2. The first-order chi connectivity index (χ1) is 24.4. The van der Waals surface area contributed by atoms with Crippen LogP contribution in [0.4, 0.5) is 17.1 Å². The van der Waals surface area contributed by atoms with E-state index >= 15 is 0 Å². The van der Waals surface area contributed by atoms with Gasteiger partial charge >= 0.3 is 0 Å². The summed E-state index contributed by atoms with van der Waals surface area (Å²) in [6.45, 7) is 6.80. The molecule has 0 saturated carbocycles. The largest absolute Gasteiger partial charge is 0.436 e. The molecule has 0 unspecified atom stereocenters. The van der Waals surface area contributed by atoms with Gasteiger partial charge < -0.3 is 9.32 Å². The molecule has 2 heterocycles. The molecule has 0 saturated heterocycles. The molecule has 0 aliphatic carbocycles. The van der Waals surface area contributed by atoms with Gasteiger partial charge in [0.1, 0.15) is 5.52 Å². The molecule has 0 radical (unpaired) electrons. The minimum absolute atomic E-state index is 0.199. The first kappa shape index (κ1) is 29.9. The molecule has 50 heavy (non-hydrogen) atoms. The van der Waals surface area contributed by atoms with Crippen molar-refractivity contribution >= 4 is 28.2 Å². The van der Waals surface area contributed by atoms with E-state index in [1.54, 1.807) is 0 Å². The van der Waals surface area contributed by atoms with Crippen LogP contribution in [0.5, 0.6) is 0 Å². The van der Waals surface area contributed by atoms with Crippen LogP contribution in [0, 0.1) is 6.92 Å². The maximum absolute atomic E-state index is 6.12.